The summed E-state index contributed by atoms with van der Waals surface area (Å²) in [7, 11) is -2.53. The third-order valence-electron chi connectivity index (χ3n) is 9.18. The lowest BCUT2D eigenvalue weighted by atomic mass is 9.53. The second-order valence-corrected chi connectivity index (χ2v) is 14.8. The van der Waals surface area contributed by atoms with Gasteiger partial charge >= 0.3 is 0 Å². The molecule has 3 aliphatic carbocycles. The maximum Gasteiger partial charge on any atom is 0.268 e. The van der Waals surface area contributed by atoms with Crippen LogP contribution in [0.1, 0.15) is 75.3 Å². The molecule has 11 nitrogen and oxygen atoms in total. The maximum atomic E-state index is 14.5. The smallest absolute Gasteiger partial charge is 0.268 e. The van der Waals surface area contributed by atoms with E-state index in [0.29, 0.717) is 61.5 Å². The van der Waals surface area contributed by atoms with Crippen molar-refractivity contribution >= 4 is 35.2 Å². The van der Waals surface area contributed by atoms with Crippen LogP contribution in [-0.4, -0.2) is 63.2 Å². The molecule has 1 saturated heterocycles. The Kier molecular flexibility index (Phi) is 7.86. The van der Waals surface area contributed by atoms with Gasteiger partial charge in [-0.1, -0.05) is 6.92 Å². The number of aromatic nitrogens is 5. The standard InChI is InChI=1S/C29H38FN7O4S.H2S/c1-19-13-27(3,4)36(15-19)25-21(26(38)34-42(39,40)22-14-31-35(5)20(22)2)7-8-23(32-25)37-12-9-24(33-37)41-18-28-10-6-11-29(30,16-28)17-28;/h7-9,12,14,19H,6,10-11,13,15-18H2,1-5H3,(H,34,38);1H2/t19-,28?,29?;/m0./s1. The molecule has 1 N–H and O–H groups in total. The molecule has 234 valence electrons. The van der Waals surface area contributed by atoms with Crippen LogP contribution in [0.2, 0.25) is 0 Å². The summed E-state index contributed by atoms with van der Waals surface area (Å²) in [5.74, 6) is 0.833. The second kappa shape index (κ2) is 10.8. The Hall–Kier alpha value is -3.13. The largest absolute Gasteiger partial charge is 0.476 e. The van der Waals surface area contributed by atoms with Crippen LogP contribution < -0.4 is 14.4 Å². The molecule has 0 spiro atoms. The molecule has 4 aliphatic rings. The predicted molar refractivity (Wildman–Crippen MR) is 164 cm³/mol. The number of halogens is 1. The van der Waals surface area contributed by atoms with Crippen molar-refractivity contribution in [2.24, 2.45) is 18.4 Å². The van der Waals surface area contributed by atoms with Crippen LogP contribution in [-0.2, 0) is 17.1 Å². The van der Waals surface area contributed by atoms with Gasteiger partial charge in [0.05, 0.1) is 24.1 Å². The molecule has 1 atom stereocenters. The number of alkyl halides is 1. The lowest BCUT2D eigenvalue weighted by molar-refractivity contribution is -0.131. The quantitative estimate of drug-likeness (QED) is 0.391. The van der Waals surface area contributed by atoms with Gasteiger partial charge < -0.3 is 9.64 Å². The van der Waals surface area contributed by atoms with E-state index in [-0.39, 0.29) is 34.9 Å². The Balaban J connectivity index is 0.00000368. The molecule has 3 aromatic heterocycles. The number of hydrogen-bond donors (Lipinski definition) is 1. The average Bonchev–Trinajstić information content (AvgIpc) is 3.58. The zero-order valence-electron chi connectivity index (χ0n) is 25.2. The molecule has 3 aromatic rings. The first kappa shape index (κ1) is 31.3. The number of anilines is 1. The summed E-state index contributed by atoms with van der Waals surface area (Å²) in [5, 5.41) is 8.54. The average molecular weight is 634 g/mol. The van der Waals surface area contributed by atoms with E-state index >= 15 is 0 Å². The summed E-state index contributed by atoms with van der Waals surface area (Å²) in [6.07, 6.45) is 7.44. The van der Waals surface area contributed by atoms with Crippen molar-refractivity contribution in [1.29, 1.82) is 0 Å². The fourth-order valence-corrected chi connectivity index (χ4v) is 8.39. The number of pyridine rings is 1. The van der Waals surface area contributed by atoms with Gasteiger partial charge in [0.25, 0.3) is 15.9 Å². The van der Waals surface area contributed by atoms with Crippen LogP contribution in [0.4, 0.5) is 10.2 Å². The van der Waals surface area contributed by atoms with E-state index in [9.17, 15) is 17.6 Å². The van der Waals surface area contributed by atoms with Gasteiger partial charge in [-0.05, 0) is 77.3 Å². The molecule has 0 radical (unpaired) electrons. The molecule has 4 fully saturated rings. The van der Waals surface area contributed by atoms with E-state index in [1.54, 1.807) is 43.0 Å². The summed E-state index contributed by atoms with van der Waals surface area (Å²) in [6.45, 7) is 9.01. The van der Waals surface area contributed by atoms with E-state index in [1.807, 2.05) is 0 Å². The van der Waals surface area contributed by atoms with Crippen molar-refractivity contribution in [2.75, 3.05) is 18.1 Å². The SMILES string of the molecule is Cc1c(S(=O)(=O)NC(=O)c2ccc(-n3ccc(OCC45CCCC(F)(C4)C5)n3)nc2N2C[C@@H](C)CC2(C)C)cnn1C.S. The van der Waals surface area contributed by atoms with E-state index in [2.05, 4.69) is 40.6 Å². The summed E-state index contributed by atoms with van der Waals surface area (Å²) in [5.41, 5.74) is -0.883. The fraction of sp³-hybridized carbons (Fsp3) is 0.586. The predicted octanol–water partition coefficient (Wildman–Crippen LogP) is 4.22. The molecule has 0 unspecified atom stereocenters. The summed E-state index contributed by atoms with van der Waals surface area (Å²) in [4.78, 5) is 20.4. The Morgan fingerprint density at radius 1 is 1.21 bits per heavy atom. The number of carbonyl (C=O) groups excluding carboxylic acids is 1. The number of nitrogens with one attached hydrogen (secondary N) is 1. The second-order valence-electron chi connectivity index (χ2n) is 13.2. The summed E-state index contributed by atoms with van der Waals surface area (Å²) >= 11 is 0. The zero-order valence-corrected chi connectivity index (χ0v) is 27.0. The number of ether oxygens (including phenoxy) is 1. The first-order chi connectivity index (χ1) is 19.7. The lowest BCUT2D eigenvalue weighted by Crippen LogP contribution is -2.55. The number of aryl methyl sites for hydroxylation is 1. The van der Waals surface area contributed by atoms with Gasteiger partial charge in [-0.15, -0.1) is 5.10 Å². The first-order valence-electron chi connectivity index (χ1n) is 14.4. The molecular weight excluding hydrogens is 593 g/mol. The van der Waals surface area contributed by atoms with Crippen molar-refractivity contribution < 1.29 is 22.3 Å². The molecule has 43 heavy (non-hydrogen) atoms. The Morgan fingerprint density at radius 3 is 2.58 bits per heavy atom. The minimum absolute atomic E-state index is 0. The van der Waals surface area contributed by atoms with Crippen molar-refractivity contribution in [3.63, 3.8) is 0 Å². The van der Waals surface area contributed by atoms with Gasteiger partial charge in [-0.25, -0.2) is 27.2 Å². The highest BCUT2D eigenvalue weighted by molar-refractivity contribution is 7.90. The lowest BCUT2D eigenvalue weighted by Gasteiger charge is -2.55. The fourth-order valence-electron chi connectivity index (χ4n) is 7.22. The third-order valence-corrected chi connectivity index (χ3v) is 10.6. The van der Waals surface area contributed by atoms with Crippen LogP contribution in [0.15, 0.2) is 35.5 Å². The first-order valence-corrected chi connectivity index (χ1v) is 15.9. The number of rotatable bonds is 8. The number of nitrogens with zero attached hydrogens (tertiary/aromatic N) is 6. The Morgan fingerprint density at radius 2 is 1.95 bits per heavy atom. The minimum Gasteiger partial charge on any atom is -0.476 e. The highest BCUT2D eigenvalue weighted by atomic mass is 32.2. The molecule has 1 amide bonds. The highest BCUT2D eigenvalue weighted by Crippen LogP contribution is 2.60. The van der Waals surface area contributed by atoms with Gasteiger partial charge in [0.15, 0.2) is 5.82 Å². The van der Waals surface area contributed by atoms with Crippen molar-refractivity contribution in [3.05, 3.63) is 41.9 Å². The molecule has 2 bridgehead atoms. The minimum atomic E-state index is -4.16. The number of sulfonamides is 1. The van der Waals surface area contributed by atoms with Crippen LogP contribution in [0.5, 0.6) is 5.88 Å². The van der Waals surface area contributed by atoms with E-state index in [1.165, 1.54) is 10.9 Å². The Bertz CT molecular complexity index is 1650. The number of fused-ring (bicyclic) bond motifs is 2. The van der Waals surface area contributed by atoms with Gasteiger partial charge in [0.2, 0.25) is 5.88 Å². The van der Waals surface area contributed by atoms with Crippen LogP contribution in [0, 0.1) is 18.3 Å². The van der Waals surface area contributed by atoms with Gasteiger partial charge in [-0.2, -0.15) is 18.6 Å². The van der Waals surface area contributed by atoms with E-state index < -0.39 is 21.6 Å². The zero-order chi connectivity index (χ0) is 30.1. The number of carbonyl (C=O) groups is 1. The van der Waals surface area contributed by atoms with E-state index in [4.69, 9.17) is 9.72 Å². The molecule has 7 rings (SSSR count). The Labute approximate surface area is 258 Å². The van der Waals surface area contributed by atoms with Crippen LogP contribution >= 0.6 is 13.5 Å². The van der Waals surface area contributed by atoms with E-state index in [0.717, 1.165) is 19.3 Å². The van der Waals surface area contributed by atoms with Crippen LogP contribution in [0.25, 0.3) is 5.82 Å². The number of hydrogen-bond acceptors (Lipinski definition) is 8. The van der Waals surface area contributed by atoms with Gasteiger partial charge in [0.1, 0.15) is 16.4 Å². The molecular formula is C29H40FN7O4S2. The number of amides is 1. The molecule has 3 saturated carbocycles. The van der Waals surface area contributed by atoms with Crippen molar-refractivity contribution in [2.45, 2.75) is 82.3 Å². The monoisotopic (exact) mass is 633 g/mol. The third kappa shape index (κ3) is 5.75. The van der Waals surface area contributed by atoms with Crippen molar-refractivity contribution in [3.8, 4) is 11.7 Å². The topological polar surface area (TPSA) is 124 Å². The van der Waals surface area contributed by atoms with Gasteiger partial charge in [0, 0.05) is 36.8 Å². The molecule has 4 heterocycles. The van der Waals surface area contributed by atoms with Gasteiger partial charge in [-0.3, -0.25) is 9.48 Å². The molecule has 14 heteroatoms. The maximum absolute atomic E-state index is 14.5. The molecule has 0 aromatic carbocycles. The highest BCUT2D eigenvalue weighted by Gasteiger charge is 2.58. The van der Waals surface area contributed by atoms with Crippen molar-refractivity contribution in [1.82, 2.24) is 29.3 Å². The molecule has 1 aliphatic heterocycles. The summed E-state index contributed by atoms with van der Waals surface area (Å²) in [6, 6.07) is 4.95. The normalized spacial score (nSPS) is 26.0. The van der Waals surface area contributed by atoms with Crippen LogP contribution in [0.3, 0.4) is 0 Å². The summed E-state index contributed by atoms with van der Waals surface area (Å²) < 4.78 is 51.9.